The zero-order chi connectivity index (χ0) is 13.1. The van der Waals surface area contributed by atoms with Crippen LogP contribution in [0.25, 0.3) is 0 Å². The van der Waals surface area contributed by atoms with Gasteiger partial charge >= 0.3 is 0 Å². The van der Waals surface area contributed by atoms with Crippen LogP contribution in [-0.2, 0) is 6.42 Å². The molecule has 5 nitrogen and oxygen atoms in total. The quantitative estimate of drug-likeness (QED) is 0.922. The maximum atomic E-state index is 5.28. The maximum absolute atomic E-state index is 5.28. The molecule has 2 aromatic rings. The lowest BCUT2D eigenvalue weighted by Gasteiger charge is -2.16. The Morgan fingerprint density at radius 2 is 2.28 bits per heavy atom. The highest BCUT2D eigenvalue weighted by atomic mass is 79.9. The summed E-state index contributed by atoms with van der Waals surface area (Å²) in [5, 5.41) is 7.53. The van der Waals surface area contributed by atoms with Gasteiger partial charge < -0.3 is 9.73 Å². The van der Waals surface area contributed by atoms with E-state index in [1.54, 1.807) is 12.6 Å². The third-order valence-electron chi connectivity index (χ3n) is 2.89. The van der Waals surface area contributed by atoms with Crippen molar-refractivity contribution in [3.8, 4) is 0 Å². The lowest BCUT2D eigenvalue weighted by molar-refractivity contribution is 0.471. The van der Waals surface area contributed by atoms with E-state index in [0.717, 1.165) is 22.5 Å². The van der Waals surface area contributed by atoms with Gasteiger partial charge in [-0.25, -0.2) is 9.67 Å². The Bertz CT molecular complexity index is 506. The number of aromatic nitrogens is 3. The zero-order valence-corrected chi connectivity index (χ0v) is 12.3. The summed E-state index contributed by atoms with van der Waals surface area (Å²) >= 11 is 3.41. The van der Waals surface area contributed by atoms with Crippen molar-refractivity contribution >= 4 is 15.9 Å². The van der Waals surface area contributed by atoms with E-state index < -0.39 is 0 Å². The molecule has 2 aromatic heterocycles. The number of hydrogen-bond donors (Lipinski definition) is 1. The van der Waals surface area contributed by atoms with Gasteiger partial charge in [0.1, 0.15) is 12.2 Å². The molecule has 1 N–H and O–H groups in total. The fourth-order valence-corrected chi connectivity index (χ4v) is 2.47. The molecule has 0 aromatic carbocycles. The topological polar surface area (TPSA) is 55.9 Å². The molecule has 0 saturated heterocycles. The van der Waals surface area contributed by atoms with Gasteiger partial charge in [0.15, 0.2) is 4.67 Å². The van der Waals surface area contributed by atoms with Crippen molar-refractivity contribution < 1.29 is 4.42 Å². The van der Waals surface area contributed by atoms with E-state index in [9.17, 15) is 0 Å². The van der Waals surface area contributed by atoms with E-state index >= 15 is 0 Å². The van der Waals surface area contributed by atoms with Crippen molar-refractivity contribution in [3.63, 3.8) is 0 Å². The molecule has 0 amide bonds. The van der Waals surface area contributed by atoms with E-state index in [2.05, 4.69) is 45.2 Å². The van der Waals surface area contributed by atoms with Crippen LogP contribution in [0.3, 0.4) is 0 Å². The standard InChI is InChI=1S/C12H17BrN4O/c1-8(2)17-11(15-7-16-17)6-10(14-3)9-4-5-18-12(9)13/h4-5,7-8,10,14H,6H2,1-3H3. The Labute approximate surface area is 115 Å². The molecule has 0 aliphatic carbocycles. The first-order valence-corrected chi connectivity index (χ1v) is 6.71. The number of likely N-dealkylation sites (N-methyl/N-ethyl adjacent to an activating group) is 1. The molecule has 0 aliphatic heterocycles. The Hall–Kier alpha value is -1.14. The molecule has 0 saturated carbocycles. The van der Waals surface area contributed by atoms with Gasteiger partial charge in [-0.2, -0.15) is 5.10 Å². The maximum Gasteiger partial charge on any atom is 0.173 e. The van der Waals surface area contributed by atoms with Crippen LogP contribution in [-0.4, -0.2) is 21.8 Å². The lowest BCUT2D eigenvalue weighted by Crippen LogP contribution is -2.21. The van der Waals surface area contributed by atoms with Crippen LogP contribution in [0.4, 0.5) is 0 Å². The van der Waals surface area contributed by atoms with Gasteiger partial charge in [0, 0.05) is 24.1 Å². The van der Waals surface area contributed by atoms with Crippen molar-refractivity contribution in [2.45, 2.75) is 32.4 Å². The Morgan fingerprint density at radius 3 is 2.83 bits per heavy atom. The summed E-state index contributed by atoms with van der Waals surface area (Å²) in [4.78, 5) is 4.33. The number of furan rings is 1. The van der Waals surface area contributed by atoms with Crippen LogP contribution < -0.4 is 5.32 Å². The molecule has 18 heavy (non-hydrogen) atoms. The monoisotopic (exact) mass is 312 g/mol. The summed E-state index contributed by atoms with van der Waals surface area (Å²) in [5.41, 5.74) is 1.09. The first-order valence-electron chi connectivity index (χ1n) is 5.92. The molecule has 0 aliphatic rings. The summed E-state index contributed by atoms with van der Waals surface area (Å²) in [6, 6.07) is 2.43. The first-order chi connectivity index (χ1) is 8.63. The molecule has 2 rings (SSSR count). The molecule has 1 atom stereocenters. The van der Waals surface area contributed by atoms with Crippen molar-refractivity contribution in [1.82, 2.24) is 20.1 Å². The SMILES string of the molecule is CNC(Cc1ncnn1C(C)C)c1ccoc1Br. The number of halogens is 1. The summed E-state index contributed by atoms with van der Waals surface area (Å²) in [5.74, 6) is 0.970. The predicted octanol–water partition coefficient (Wildman–Crippen LogP) is 2.72. The first kappa shape index (κ1) is 13.3. The van der Waals surface area contributed by atoms with Gasteiger partial charge in [-0.05, 0) is 42.9 Å². The highest BCUT2D eigenvalue weighted by Crippen LogP contribution is 2.26. The van der Waals surface area contributed by atoms with Gasteiger partial charge in [-0.1, -0.05) is 0 Å². The Kier molecular flexibility index (Phi) is 4.19. The second-order valence-electron chi connectivity index (χ2n) is 4.41. The lowest BCUT2D eigenvalue weighted by atomic mass is 10.1. The third kappa shape index (κ3) is 2.64. The molecular weight excluding hydrogens is 296 g/mol. The summed E-state index contributed by atoms with van der Waals surface area (Å²) in [6.45, 7) is 4.20. The van der Waals surface area contributed by atoms with Crippen LogP contribution >= 0.6 is 15.9 Å². The largest absolute Gasteiger partial charge is 0.457 e. The fourth-order valence-electron chi connectivity index (χ4n) is 1.96. The number of nitrogens with one attached hydrogen (secondary N) is 1. The molecule has 2 heterocycles. The van der Waals surface area contributed by atoms with Crippen LogP contribution in [0.5, 0.6) is 0 Å². The normalized spacial score (nSPS) is 13.2. The molecule has 0 bridgehead atoms. The Morgan fingerprint density at radius 1 is 1.50 bits per heavy atom. The predicted molar refractivity (Wildman–Crippen MR) is 72.3 cm³/mol. The van der Waals surface area contributed by atoms with Gasteiger partial charge in [0.25, 0.3) is 0 Å². The minimum Gasteiger partial charge on any atom is -0.457 e. The van der Waals surface area contributed by atoms with E-state index in [1.807, 2.05) is 17.8 Å². The molecule has 6 heteroatoms. The van der Waals surface area contributed by atoms with Crippen LogP contribution in [0.2, 0.25) is 0 Å². The van der Waals surface area contributed by atoms with Crippen molar-refractivity contribution in [2.24, 2.45) is 0 Å². The number of rotatable bonds is 5. The van der Waals surface area contributed by atoms with Gasteiger partial charge in [0.05, 0.1) is 6.26 Å². The zero-order valence-electron chi connectivity index (χ0n) is 10.7. The second-order valence-corrected chi connectivity index (χ2v) is 5.13. The van der Waals surface area contributed by atoms with E-state index in [1.165, 1.54) is 0 Å². The van der Waals surface area contributed by atoms with Gasteiger partial charge in [0.2, 0.25) is 0 Å². The highest BCUT2D eigenvalue weighted by Gasteiger charge is 2.19. The average Bonchev–Trinajstić information content (AvgIpc) is 2.94. The van der Waals surface area contributed by atoms with Crippen LogP contribution in [0, 0.1) is 0 Å². The summed E-state index contributed by atoms with van der Waals surface area (Å²) in [6.07, 6.45) is 4.05. The minimum absolute atomic E-state index is 0.153. The van der Waals surface area contributed by atoms with E-state index in [-0.39, 0.29) is 6.04 Å². The van der Waals surface area contributed by atoms with Crippen LogP contribution in [0.15, 0.2) is 27.7 Å². The molecule has 1 unspecified atom stereocenters. The third-order valence-corrected chi connectivity index (χ3v) is 3.54. The number of nitrogens with zero attached hydrogens (tertiary/aromatic N) is 3. The van der Waals surface area contributed by atoms with Crippen molar-refractivity contribution in [2.75, 3.05) is 7.05 Å². The molecule has 98 valence electrons. The minimum atomic E-state index is 0.153. The number of hydrogen-bond acceptors (Lipinski definition) is 4. The summed E-state index contributed by atoms with van der Waals surface area (Å²) in [7, 11) is 1.93. The average molecular weight is 313 g/mol. The van der Waals surface area contributed by atoms with Gasteiger partial charge in [-0.15, -0.1) is 0 Å². The summed E-state index contributed by atoms with van der Waals surface area (Å²) < 4.78 is 7.98. The highest BCUT2D eigenvalue weighted by molar-refractivity contribution is 9.10. The molecular formula is C12H17BrN4O. The van der Waals surface area contributed by atoms with Gasteiger partial charge in [-0.3, -0.25) is 0 Å². The Balaban J connectivity index is 2.21. The van der Waals surface area contributed by atoms with Crippen LogP contribution in [0.1, 0.15) is 37.3 Å². The molecule has 0 spiro atoms. The van der Waals surface area contributed by atoms with E-state index in [0.29, 0.717) is 6.04 Å². The van der Waals surface area contributed by atoms with Crippen molar-refractivity contribution in [1.29, 1.82) is 0 Å². The van der Waals surface area contributed by atoms with Crippen molar-refractivity contribution in [3.05, 3.63) is 34.7 Å². The van der Waals surface area contributed by atoms with E-state index in [4.69, 9.17) is 4.42 Å². The molecule has 0 radical (unpaired) electrons. The second kappa shape index (κ2) is 5.67. The fraction of sp³-hybridized carbons (Fsp3) is 0.500. The molecule has 0 fully saturated rings. The smallest absolute Gasteiger partial charge is 0.173 e.